The van der Waals surface area contributed by atoms with E-state index in [1.165, 1.54) is 52.1 Å². The number of nitrogens with one attached hydrogen (secondary N) is 1. The first-order chi connectivity index (χ1) is 15.3. The normalized spacial score (nSPS) is 46.6. The number of carbonyl (C=O) groups is 1. The summed E-state index contributed by atoms with van der Waals surface area (Å²) in [7, 11) is 1.47. The van der Waals surface area contributed by atoms with Crippen LogP contribution in [0.3, 0.4) is 0 Å². The van der Waals surface area contributed by atoms with Gasteiger partial charge in [0, 0.05) is 19.0 Å². The van der Waals surface area contributed by atoms with Crippen LogP contribution in [-0.4, -0.2) is 48.6 Å². The summed E-state index contributed by atoms with van der Waals surface area (Å²) in [5.41, 5.74) is 0.330. The van der Waals surface area contributed by atoms with Crippen molar-refractivity contribution in [3.63, 3.8) is 0 Å². The minimum Gasteiger partial charge on any atom is -0.469 e. The summed E-state index contributed by atoms with van der Waals surface area (Å²) in [5.74, 6) is 3.55. The molecule has 0 heterocycles. The van der Waals surface area contributed by atoms with Gasteiger partial charge in [-0.2, -0.15) is 0 Å². The highest BCUT2D eigenvalue weighted by Crippen LogP contribution is 2.68. The zero-order valence-corrected chi connectivity index (χ0v) is 20.8. The van der Waals surface area contributed by atoms with Gasteiger partial charge in [0.1, 0.15) is 0 Å². The molecule has 4 unspecified atom stereocenters. The van der Waals surface area contributed by atoms with Gasteiger partial charge in [0.2, 0.25) is 0 Å². The van der Waals surface area contributed by atoms with Crippen LogP contribution in [0.1, 0.15) is 85.0 Å². The van der Waals surface area contributed by atoms with E-state index in [9.17, 15) is 15.0 Å². The smallest absolute Gasteiger partial charge is 0.305 e. The molecule has 0 radical (unpaired) electrons. The van der Waals surface area contributed by atoms with Gasteiger partial charge in [-0.1, -0.05) is 20.8 Å². The van der Waals surface area contributed by atoms with Crippen molar-refractivity contribution < 1.29 is 19.7 Å². The molecule has 0 bridgehead atoms. The SMILES string of the molecule is COC(=O)CC[C@@H](C)C1CCC2C3CC[C@@H]4C[C@H](NCCO)CC[C@]4(C)C3C[C@H](O)[C@@]21C. The van der Waals surface area contributed by atoms with Crippen molar-refractivity contribution >= 4 is 5.97 Å². The van der Waals surface area contributed by atoms with Gasteiger partial charge in [-0.3, -0.25) is 4.79 Å². The predicted molar refractivity (Wildman–Crippen MR) is 126 cm³/mol. The van der Waals surface area contributed by atoms with Crippen molar-refractivity contribution in [3.05, 3.63) is 0 Å². The fourth-order valence-corrected chi connectivity index (χ4v) is 9.29. The second-order valence-corrected chi connectivity index (χ2v) is 12.2. The standard InChI is InChI=1S/C27H47NO4/c1-17(5-10-25(31)32-4)21-8-9-22-20-7-6-18-15-19(28-13-14-29)11-12-26(18,2)23(20)16-24(30)27(21,22)3/h17-24,28-30H,5-16H2,1-4H3/t17-,18-,19-,20?,21?,22?,23?,24+,26+,27-/m1/s1. The molecule has 0 aromatic carbocycles. The summed E-state index contributed by atoms with van der Waals surface area (Å²) in [5, 5.41) is 24.4. The van der Waals surface area contributed by atoms with E-state index in [4.69, 9.17) is 4.74 Å². The Hall–Kier alpha value is -0.650. The van der Waals surface area contributed by atoms with Crippen LogP contribution in [0.25, 0.3) is 0 Å². The van der Waals surface area contributed by atoms with Gasteiger partial charge in [0.25, 0.3) is 0 Å². The van der Waals surface area contributed by atoms with Gasteiger partial charge in [-0.15, -0.1) is 0 Å². The molecular weight excluding hydrogens is 402 g/mol. The Labute approximate surface area is 195 Å². The van der Waals surface area contributed by atoms with Crippen molar-refractivity contribution in [2.24, 2.45) is 46.3 Å². The van der Waals surface area contributed by atoms with Crippen LogP contribution >= 0.6 is 0 Å². The molecule has 0 aromatic rings. The van der Waals surface area contributed by atoms with Crippen molar-refractivity contribution in [3.8, 4) is 0 Å². The van der Waals surface area contributed by atoms with Crippen molar-refractivity contribution in [2.75, 3.05) is 20.3 Å². The highest BCUT2D eigenvalue weighted by Gasteiger charge is 2.63. The fourth-order valence-electron chi connectivity index (χ4n) is 9.29. The number of rotatable bonds is 7. The van der Waals surface area contributed by atoms with E-state index in [0.29, 0.717) is 48.1 Å². The third-order valence-electron chi connectivity index (χ3n) is 11.1. The first kappa shape index (κ1) is 24.5. The lowest BCUT2D eigenvalue weighted by atomic mass is 9.43. The molecule has 0 aromatic heterocycles. The predicted octanol–water partition coefficient (Wildman–Crippen LogP) is 4.16. The van der Waals surface area contributed by atoms with Gasteiger partial charge in [-0.05, 0) is 104 Å². The molecule has 0 saturated heterocycles. The van der Waals surface area contributed by atoms with Crippen LogP contribution in [0.2, 0.25) is 0 Å². The lowest BCUT2D eigenvalue weighted by Crippen LogP contribution is -2.59. The molecule has 0 amide bonds. The molecule has 10 atom stereocenters. The molecule has 5 nitrogen and oxygen atoms in total. The summed E-state index contributed by atoms with van der Waals surface area (Å²) in [6.45, 7) is 8.13. The van der Waals surface area contributed by atoms with Crippen LogP contribution in [0.4, 0.5) is 0 Å². The third kappa shape index (κ3) is 4.05. The second-order valence-electron chi connectivity index (χ2n) is 12.2. The van der Waals surface area contributed by atoms with Crippen LogP contribution in [0.15, 0.2) is 0 Å². The number of fused-ring (bicyclic) bond motifs is 5. The molecular formula is C27H47NO4. The number of aliphatic hydroxyl groups excluding tert-OH is 2. The quantitative estimate of drug-likeness (QED) is 0.509. The molecule has 0 spiro atoms. The summed E-state index contributed by atoms with van der Waals surface area (Å²) in [4.78, 5) is 11.7. The largest absolute Gasteiger partial charge is 0.469 e. The number of hydrogen-bond donors (Lipinski definition) is 3. The van der Waals surface area contributed by atoms with E-state index in [0.717, 1.165) is 24.7 Å². The average Bonchev–Trinajstić information content (AvgIpc) is 3.15. The van der Waals surface area contributed by atoms with Crippen LogP contribution < -0.4 is 5.32 Å². The molecule has 4 aliphatic carbocycles. The summed E-state index contributed by atoms with van der Waals surface area (Å²) in [6.07, 6.45) is 10.8. The van der Waals surface area contributed by atoms with E-state index < -0.39 is 0 Å². The number of carbonyl (C=O) groups excluding carboxylic acids is 1. The minimum absolute atomic E-state index is 0.0141. The van der Waals surface area contributed by atoms with E-state index in [-0.39, 0.29) is 24.1 Å². The minimum atomic E-state index is -0.234. The maximum absolute atomic E-state index is 11.7. The van der Waals surface area contributed by atoms with Crippen LogP contribution in [0, 0.1) is 46.3 Å². The van der Waals surface area contributed by atoms with Crippen LogP contribution in [0.5, 0.6) is 0 Å². The summed E-state index contributed by atoms with van der Waals surface area (Å²) in [6, 6.07) is 0.544. The first-order valence-corrected chi connectivity index (χ1v) is 13.3. The van der Waals surface area contributed by atoms with Gasteiger partial charge >= 0.3 is 5.97 Å². The van der Waals surface area contributed by atoms with Gasteiger partial charge in [0.15, 0.2) is 0 Å². The summed E-state index contributed by atoms with van der Waals surface area (Å²) >= 11 is 0. The topological polar surface area (TPSA) is 78.8 Å². The maximum atomic E-state index is 11.7. The fraction of sp³-hybridized carbons (Fsp3) is 0.963. The number of hydrogen-bond acceptors (Lipinski definition) is 5. The summed E-state index contributed by atoms with van der Waals surface area (Å²) < 4.78 is 4.87. The van der Waals surface area contributed by atoms with Gasteiger partial charge in [-0.25, -0.2) is 0 Å². The van der Waals surface area contributed by atoms with Crippen molar-refractivity contribution in [2.45, 2.75) is 97.1 Å². The van der Waals surface area contributed by atoms with Crippen molar-refractivity contribution in [1.29, 1.82) is 0 Å². The third-order valence-corrected chi connectivity index (χ3v) is 11.1. The monoisotopic (exact) mass is 449 g/mol. The Bertz CT molecular complexity index is 670. The molecule has 32 heavy (non-hydrogen) atoms. The first-order valence-electron chi connectivity index (χ1n) is 13.3. The number of esters is 1. The number of ether oxygens (including phenoxy) is 1. The molecule has 4 saturated carbocycles. The number of methoxy groups -OCH3 is 1. The van der Waals surface area contributed by atoms with Crippen LogP contribution in [-0.2, 0) is 9.53 Å². The molecule has 0 aliphatic heterocycles. The molecule has 184 valence electrons. The van der Waals surface area contributed by atoms with Gasteiger partial charge < -0.3 is 20.3 Å². The van der Waals surface area contributed by atoms with E-state index in [1.807, 2.05) is 0 Å². The Balaban J connectivity index is 1.48. The zero-order chi connectivity index (χ0) is 23.1. The van der Waals surface area contributed by atoms with Crippen molar-refractivity contribution in [1.82, 2.24) is 5.32 Å². The molecule has 3 N–H and O–H groups in total. The van der Waals surface area contributed by atoms with E-state index in [2.05, 4.69) is 26.1 Å². The lowest BCUT2D eigenvalue weighted by molar-refractivity contribution is -0.170. The Morgan fingerprint density at radius 3 is 2.62 bits per heavy atom. The molecule has 4 fully saturated rings. The second kappa shape index (κ2) is 9.54. The Morgan fingerprint density at radius 2 is 1.91 bits per heavy atom. The Kier molecular flexibility index (Phi) is 7.30. The van der Waals surface area contributed by atoms with Gasteiger partial charge in [0.05, 0.1) is 19.8 Å². The Morgan fingerprint density at radius 1 is 1.12 bits per heavy atom. The maximum Gasteiger partial charge on any atom is 0.305 e. The van der Waals surface area contributed by atoms with E-state index >= 15 is 0 Å². The number of aliphatic hydroxyl groups is 2. The van der Waals surface area contributed by atoms with E-state index in [1.54, 1.807) is 0 Å². The molecule has 5 heteroatoms. The molecule has 4 rings (SSSR count). The lowest BCUT2D eigenvalue weighted by Gasteiger charge is -2.62. The average molecular weight is 450 g/mol. The highest BCUT2D eigenvalue weighted by atomic mass is 16.5. The molecule has 4 aliphatic rings. The highest BCUT2D eigenvalue weighted by molar-refractivity contribution is 5.69. The zero-order valence-electron chi connectivity index (χ0n) is 20.8.